The van der Waals surface area contributed by atoms with Gasteiger partial charge in [-0.3, -0.25) is 4.79 Å². The van der Waals surface area contributed by atoms with E-state index in [1.807, 2.05) is 0 Å². The zero-order chi connectivity index (χ0) is 11.8. The van der Waals surface area contributed by atoms with Crippen LogP contribution in [0.3, 0.4) is 0 Å². The molecule has 2 N–H and O–H groups in total. The lowest BCUT2D eigenvalue weighted by atomic mass is 10.1. The Hall–Kier alpha value is -1.62. The molecule has 1 amide bonds. The first-order chi connectivity index (χ1) is 7.50. The Morgan fingerprint density at radius 1 is 1.25 bits per heavy atom. The molecule has 0 aromatic heterocycles. The fourth-order valence-corrected chi connectivity index (χ4v) is 3.17. The third-order valence-electron chi connectivity index (χ3n) is 2.54. The molecule has 1 aromatic rings. The van der Waals surface area contributed by atoms with Gasteiger partial charge in [0.1, 0.15) is 0 Å². The van der Waals surface area contributed by atoms with Gasteiger partial charge in [-0.15, -0.1) is 0 Å². The largest absolute Gasteiger partial charge is 0.366 e. The Morgan fingerprint density at radius 2 is 1.94 bits per heavy atom. The third-order valence-corrected chi connectivity index (χ3v) is 4.32. The third kappa shape index (κ3) is 1.86. The number of rotatable bonds is 1. The van der Waals surface area contributed by atoms with Crippen molar-refractivity contribution in [2.75, 3.05) is 5.75 Å². The molecule has 84 valence electrons. The van der Waals surface area contributed by atoms with Crippen LogP contribution in [0.15, 0.2) is 34.7 Å². The molecule has 1 aliphatic rings. The predicted octanol–water partition coefficient (Wildman–Crippen LogP) is 0.733. The summed E-state index contributed by atoms with van der Waals surface area (Å²) in [6.07, 6.45) is 1.73. The quantitative estimate of drug-likeness (QED) is 0.782. The molecule has 0 saturated heterocycles. The average Bonchev–Trinajstić information content (AvgIpc) is 2.36. The van der Waals surface area contributed by atoms with Gasteiger partial charge in [-0.05, 0) is 24.1 Å². The summed E-state index contributed by atoms with van der Waals surface area (Å²) in [4.78, 5) is 11.4. The molecular formula is C11H11NO3S. The van der Waals surface area contributed by atoms with Gasteiger partial charge < -0.3 is 5.73 Å². The maximum atomic E-state index is 11.9. The monoisotopic (exact) mass is 237 g/mol. The van der Waals surface area contributed by atoms with E-state index in [4.69, 9.17) is 5.73 Å². The maximum Gasteiger partial charge on any atom is 0.244 e. The van der Waals surface area contributed by atoms with Gasteiger partial charge in [0, 0.05) is 5.57 Å². The lowest BCUT2D eigenvalue weighted by Gasteiger charge is -2.02. The first-order valence-corrected chi connectivity index (χ1v) is 6.48. The minimum atomic E-state index is -3.30. The molecule has 2 rings (SSSR count). The number of nitrogens with two attached hydrogens (primary N) is 1. The molecule has 0 fully saturated rings. The first-order valence-electron chi connectivity index (χ1n) is 4.83. The van der Waals surface area contributed by atoms with Gasteiger partial charge in [-0.1, -0.05) is 18.2 Å². The van der Waals surface area contributed by atoms with Crippen LogP contribution in [-0.4, -0.2) is 20.1 Å². The molecule has 0 unspecified atom stereocenters. The topological polar surface area (TPSA) is 77.2 Å². The van der Waals surface area contributed by atoms with Crippen LogP contribution >= 0.6 is 0 Å². The van der Waals surface area contributed by atoms with Crippen LogP contribution < -0.4 is 5.73 Å². The summed E-state index contributed by atoms with van der Waals surface area (Å²) in [5, 5.41) is 0. The van der Waals surface area contributed by atoms with Gasteiger partial charge in [-0.2, -0.15) is 0 Å². The van der Waals surface area contributed by atoms with Crippen molar-refractivity contribution in [2.45, 2.75) is 11.3 Å². The lowest BCUT2D eigenvalue weighted by molar-refractivity contribution is -0.114. The predicted molar refractivity (Wildman–Crippen MR) is 60.3 cm³/mol. The number of amides is 1. The van der Waals surface area contributed by atoms with Gasteiger partial charge in [0.15, 0.2) is 9.84 Å². The zero-order valence-corrected chi connectivity index (χ0v) is 9.33. The second kappa shape index (κ2) is 3.75. The van der Waals surface area contributed by atoms with Crippen molar-refractivity contribution in [3.8, 4) is 0 Å². The molecule has 0 aliphatic carbocycles. The van der Waals surface area contributed by atoms with Crippen LogP contribution in [0.1, 0.15) is 12.0 Å². The fourth-order valence-electron chi connectivity index (χ4n) is 1.69. The van der Waals surface area contributed by atoms with Crippen molar-refractivity contribution in [1.29, 1.82) is 0 Å². The van der Waals surface area contributed by atoms with Crippen LogP contribution in [0.2, 0.25) is 0 Å². The summed E-state index contributed by atoms with van der Waals surface area (Å²) in [6, 6.07) is 6.61. The number of hydrogen-bond donors (Lipinski definition) is 1. The number of benzene rings is 1. The molecule has 5 heteroatoms. The Labute approximate surface area is 93.7 Å². The molecule has 0 saturated carbocycles. The van der Waals surface area contributed by atoms with E-state index in [2.05, 4.69) is 0 Å². The molecule has 1 heterocycles. The summed E-state index contributed by atoms with van der Waals surface area (Å²) in [5.41, 5.74) is 6.07. The summed E-state index contributed by atoms with van der Waals surface area (Å²) in [5.74, 6) is -0.634. The van der Waals surface area contributed by atoms with Crippen molar-refractivity contribution in [3.05, 3.63) is 35.4 Å². The van der Waals surface area contributed by atoms with Crippen LogP contribution in [0.4, 0.5) is 0 Å². The summed E-state index contributed by atoms with van der Waals surface area (Å²) < 4.78 is 23.8. The van der Waals surface area contributed by atoms with Crippen LogP contribution in [0, 0.1) is 0 Å². The summed E-state index contributed by atoms with van der Waals surface area (Å²) in [6.45, 7) is 0. The Bertz CT molecular complexity index is 573. The van der Waals surface area contributed by atoms with Crippen molar-refractivity contribution in [3.63, 3.8) is 0 Å². The molecule has 0 bridgehead atoms. The zero-order valence-electron chi connectivity index (χ0n) is 8.51. The fraction of sp³-hybridized carbons (Fsp3) is 0.182. The van der Waals surface area contributed by atoms with Crippen LogP contribution in [0.5, 0.6) is 0 Å². The molecule has 4 nitrogen and oxygen atoms in total. The number of hydrogen-bond acceptors (Lipinski definition) is 3. The van der Waals surface area contributed by atoms with Crippen molar-refractivity contribution < 1.29 is 13.2 Å². The number of fused-ring (bicyclic) bond motifs is 1. The lowest BCUT2D eigenvalue weighted by Crippen LogP contribution is -2.15. The molecule has 1 aliphatic heterocycles. The van der Waals surface area contributed by atoms with Crippen LogP contribution in [0.25, 0.3) is 6.08 Å². The second-order valence-corrected chi connectivity index (χ2v) is 5.72. The maximum absolute atomic E-state index is 11.9. The number of carbonyl (C=O) groups excluding carboxylic acids is 1. The van der Waals surface area contributed by atoms with Gasteiger partial charge in [0.25, 0.3) is 0 Å². The summed E-state index contributed by atoms with van der Waals surface area (Å²) in [7, 11) is -3.30. The number of primary amides is 1. The van der Waals surface area contributed by atoms with Gasteiger partial charge in [0.2, 0.25) is 5.91 Å². The highest BCUT2D eigenvalue weighted by Gasteiger charge is 2.23. The Kier molecular flexibility index (Phi) is 2.55. The molecular weight excluding hydrogens is 226 g/mol. The highest BCUT2D eigenvalue weighted by Crippen LogP contribution is 2.25. The van der Waals surface area contributed by atoms with Crippen molar-refractivity contribution >= 4 is 21.8 Å². The SMILES string of the molecule is NC(=O)C1=Cc2ccccc2S(=O)(=O)CC1. The first kappa shape index (κ1) is 10.9. The second-order valence-electron chi connectivity index (χ2n) is 3.64. The van der Waals surface area contributed by atoms with E-state index in [1.165, 1.54) is 0 Å². The van der Waals surface area contributed by atoms with E-state index < -0.39 is 15.7 Å². The minimum Gasteiger partial charge on any atom is -0.366 e. The highest BCUT2D eigenvalue weighted by molar-refractivity contribution is 7.91. The van der Waals surface area contributed by atoms with E-state index in [1.54, 1.807) is 30.3 Å². The molecule has 1 aromatic carbocycles. The summed E-state index contributed by atoms with van der Waals surface area (Å²) >= 11 is 0. The smallest absolute Gasteiger partial charge is 0.244 e. The number of carbonyl (C=O) groups is 1. The standard InChI is InChI=1S/C11H11NO3S/c12-11(13)9-5-6-16(14,15)10-4-2-1-3-8(10)7-9/h1-4,7H,5-6H2,(H2,12,13). The van der Waals surface area contributed by atoms with Crippen molar-refractivity contribution in [1.82, 2.24) is 0 Å². The van der Waals surface area contributed by atoms with Gasteiger partial charge >= 0.3 is 0 Å². The molecule has 16 heavy (non-hydrogen) atoms. The van der Waals surface area contributed by atoms with E-state index in [9.17, 15) is 13.2 Å². The van der Waals surface area contributed by atoms with Gasteiger partial charge in [0.05, 0.1) is 10.6 Å². The molecule has 0 atom stereocenters. The number of sulfone groups is 1. The highest BCUT2D eigenvalue weighted by atomic mass is 32.2. The Morgan fingerprint density at radius 3 is 2.62 bits per heavy atom. The van der Waals surface area contributed by atoms with Crippen molar-refractivity contribution in [2.24, 2.45) is 5.73 Å². The van der Waals surface area contributed by atoms with E-state index >= 15 is 0 Å². The van der Waals surface area contributed by atoms with Gasteiger partial charge in [-0.25, -0.2) is 8.42 Å². The minimum absolute atomic E-state index is 0.0706. The average molecular weight is 237 g/mol. The molecule has 0 radical (unpaired) electrons. The normalized spacial score (nSPS) is 18.1. The van der Waals surface area contributed by atoms with Crippen LogP contribution in [-0.2, 0) is 14.6 Å². The van der Waals surface area contributed by atoms with E-state index in [0.29, 0.717) is 11.1 Å². The molecule has 0 spiro atoms. The van der Waals surface area contributed by atoms with E-state index in [0.717, 1.165) is 0 Å². The Balaban J connectivity index is 2.65. The van der Waals surface area contributed by atoms with E-state index in [-0.39, 0.29) is 17.1 Å².